The molecular formula is C41H36N4O11. The van der Waals surface area contributed by atoms with Crippen LogP contribution in [-0.2, 0) is 27.8 Å². The molecule has 2 heterocycles. The van der Waals surface area contributed by atoms with Gasteiger partial charge in [-0.1, -0.05) is 55.1 Å². The molecule has 6 N–H and O–H groups in total. The zero-order valence-corrected chi connectivity index (χ0v) is 30.2. The van der Waals surface area contributed by atoms with Crippen LogP contribution < -0.4 is 30.4 Å². The fourth-order valence-corrected chi connectivity index (χ4v) is 6.56. The first-order valence-corrected chi connectivity index (χ1v) is 17.0. The first-order valence-electron chi connectivity index (χ1n) is 17.0. The second kappa shape index (κ2) is 15.8. The standard InChI is InChI=1S/C41H36N4O11/c1-22(46)18-53-31-16-8-12-27-36(31)34(38(49)40(42)51)23(2)44(27)20-55-29-14-6-4-10-25(29)26-11-5-7-15-30(26)56-21-45-24(3)35(39(50)41(43)52)37-28(45)13-9-17-32(37)54-19-33(47)48/h4-17,46H,1,18-21H2,2-3H3,(H2,42,51)(H2,43,52)(H,47,48). The molecule has 0 bridgehead atoms. The topological polar surface area (TPSA) is 225 Å². The van der Waals surface area contributed by atoms with E-state index in [4.69, 9.17) is 30.4 Å². The van der Waals surface area contributed by atoms with Gasteiger partial charge in [0.25, 0.3) is 23.4 Å². The molecule has 15 heteroatoms. The molecule has 0 atom stereocenters. The number of ether oxygens (including phenoxy) is 4. The molecule has 286 valence electrons. The van der Waals surface area contributed by atoms with E-state index in [1.807, 2.05) is 24.3 Å². The molecule has 6 rings (SSSR count). The number of aromatic nitrogens is 2. The average Bonchev–Trinajstić information content (AvgIpc) is 3.63. The summed E-state index contributed by atoms with van der Waals surface area (Å²) in [6.45, 7) is 5.53. The Labute approximate surface area is 318 Å². The van der Waals surface area contributed by atoms with Crippen molar-refractivity contribution in [3.05, 3.63) is 120 Å². The molecule has 15 nitrogen and oxygen atoms in total. The summed E-state index contributed by atoms with van der Waals surface area (Å²) in [5, 5.41) is 19.4. The maximum Gasteiger partial charge on any atom is 0.341 e. The molecule has 2 amide bonds. The summed E-state index contributed by atoms with van der Waals surface area (Å²) in [6, 6.07) is 24.2. The van der Waals surface area contributed by atoms with Crippen LogP contribution in [0.1, 0.15) is 32.1 Å². The highest BCUT2D eigenvalue weighted by Gasteiger charge is 2.28. The van der Waals surface area contributed by atoms with E-state index >= 15 is 0 Å². The Morgan fingerprint density at radius 2 is 0.964 bits per heavy atom. The Bertz CT molecular complexity index is 2410. The van der Waals surface area contributed by atoms with E-state index in [0.29, 0.717) is 50.4 Å². The van der Waals surface area contributed by atoms with Crippen LogP contribution in [0.5, 0.6) is 23.0 Å². The van der Waals surface area contributed by atoms with E-state index in [9.17, 15) is 34.2 Å². The third-order valence-electron chi connectivity index (χ3n) is 9.03. The van der Waals surface area contributed by atoms with Crippen molar-refractivity contribution in [2.24, 2.45) is 11.5 Å². The zero-order valence-electron chi connectivity index (χ0n) is 30.2. The molecule has 0 spiro atoms. The number of hydrogen-bond donors (Lipinski definition) is 4. The number of rotatable bonds is 17. The van der Waals surface area contributed by atoms with Crippen molar-refractivity contribution in [1.29, 1.82) is 0 Å². The van der Waals surface area contributed by atoms with E-state index in [1.54, 1.807) is 77.6 Å². The molecule has 56 heavy (non-hydrogen) atoms. The molecule has 0 radical (unpaired) electrons. The molecule has 2 aromatic heterocycles. The highest BCUT2D eigenvalue weighted by molar-refractivity contribution is 6.45. The summed E-state index contributed by atoms with van der Waals surface area (Å²) < 4.78 is 27.3. The zero-order chi connectivity index (χ0) is 40.3. The molecule has 0 aliphatic carbocycles. The Morgan fingerprint density at radius 3 is 1.36 bits per heavy atom. The number of amides is 2. The number of fused-ring (bicyclic) bond motifs is 2. The van der Waals surface area contributed by atoms with Crippen LogP contribution in [0.4, 0.5) is 0 Å². The van der Waals surface area contributed by atoms with Gasteiger partial charge in [0.1, 0.15) is 35.4 Å². The van der Waals surface area contributed by atoms with Gasteiger partial charge in [0.05, 0.1) is 32.9 Å². The van der Waals surface area contributed by atoms with Gasteiger partial charge in [-0.15, -0.1) is 0 Å². The minimum Gasteiger partial charge on any atom is -0.509 e. The number of nitrogens with two attached hydrogens (primary N) is 2. The third kappa shape index (κ3) is 7.33. The molecule has 0 unspecified atom stereocenters. The summed E-state index contributed by atoms with van der Waals surface area (Å²) in [5.74, 6) is -4.51. The number of primary amides is 2. The molecule has 6 aromatic rings. The van der Waals surface area contributed by atoms with Gasteiger partial charge in [-0.3, -0.25) is 19.2 Å². The van der Waals surface area contributed by atoms with Crippen LogP contribution in [0.25, 0.3) is 32.9 Å². The van der Waals surface area contributed by atoms with Crippen molar-refractivity contribution in [2.45, 2.75) is 27.3 Å². The quantitative estimate of drug-likeness (QED) is 0.0537. The summed E-state index contributed by atoms with van der Waals surface area (Å²) in [5.41, 5.74) is 13.8. The van der Waals surface area contributed by atoms with E-state index in [0.717, 1.165) is 0 Å². The van der Waals surface area contributed by atoms with Crippen molar-refractivity contribution >= 4 is 51.2 Å². The summed E-state index contributed by atoms with van der Waals surface area (Å²) in [7, 11) is 0. The van der Waals surface area contributed by atoms with E-state index in [1.165, 1.54) is 6.07 Å². The number of hydrogen-bond acceptors (Lipinski definition) is 10. The molecular weight excluding hydrogens is 724 g/mol. The number of carbonyl (C=O) groups is 5. The van der Waals surface area contributed by atoms with Gasteiger partial charge in [-0.25, -0.2) is 4.79 Å². The molecule has 0 fully saturated rings. The summed E-state index contributed by atoms with van der Waals surface area (Å²) in [4.78, 5) is 61.6. The van der Waals surface area contributed by atoms with Crippen LogP contribution in [-0.4, -0.2) is 61.9 Å². The van der Waals surface area contributed by atoms with Gasteiger partial charge in [-0.2, -0.15) is 0 Å². The first-order chi connectivity index (χ1) is 26.8. The fraction of sp³-hybridized carbons (Fsp3) is 0.146. The first kappa shape index (κ1) is 38.2. The van der Waals surface area contributed by atoms with Gasteiger partial charge in [0.15, 0.2) is 20.1 Å². The number of Topliss-reactive ketones (excluding diaryl/α,β-unsaturated/α-hetero) is 2. The predicted molar refractivity (Wildman–Crippen MR) is 204 cm³/mol. The highest BCUT2D eigenvalue weighted by atomic mass is 16.5. The molecule has 4 aromatic carbocycles. The Balaban J connectivity index is 1.35. The van der Waals surface area contributed by atoms with Crippen molar-refractivity contribution in [3.63, 3.8) is 0 Å². The number of ketones is 2. The van der Waals surface area contributed by atoms with Crippen LogP contribution in [0, 0.1) is 13.8 Å². The number of benzene rings is 4. The minimum atomic E-state index is -1.23. The highest BCUT2D eigenvalue weighted by Crippen LogP contribution is 2.39. The lowest BCUT2D eigenvalue weighted by Gasteiger charge is -2.18. The molecule has 0 aliphatic heterocycles. The van der Waals surface area contributed by atoms with E-state index in [2.05, 4.69) is 6.58 Å². The number of aliphatic carboxylic acids is 1. The summed E-state index contributed by atoms with van der Waals surface area (Å²) >= 11 is 0. The number of carboxylic acids is 1. The molecule has 0 aliphatic rings. The lowest BCUT2D eigenvalue weighted by Crippen LogP contribution is -2.24. The fourth-order valence-electron chi connectivity index (χ4n) is 6.56. The SMILES string of the molecule is C=C(O)COc1cccc2c1c(C(=O)C(N)=O)c(C)n2COc1ccccc1-c1ccccc1OCn1c(C)c(C(=O)C(N)=O)c2c(OCC(=O)O)cccc21. The lowest BCUT2D eigenvalue weighted by atomic mass is 10.0. The number of nitrogens with zero attached hydrogens (tertiary/aromatic N) is 2. The largest absolute Gasteiger partial charge is 0.509 e. The van der Waals surface area contributed by atoms with Crippen molar-refractivity contribution in [1.82, 2.24) is 9.13 Å². The minimum absolute atomic E-state index is 0.0322. The molecule has 0 saturated carbocycles. The van der Waals surface area contributed by atoms with Gasteiger partial charge < -0.3 is 49.8 Å². The van der Waals surface area contributed by atoms with Gasteiger partial charge in [0.2, 0.25) is 0 Å². The van der Waals surface area contributed by atoms with E-state index < -0.39 is 36.0 Å². The third-order valence-corrected chi connectivity index (χ3v) is 9.03. The van der Waals surface area contributed by atoms with Crippen molar-refractivity contribution in [3.8, 4) is 34.1 Å². The van der Waals surface area contributed by atoms with Crippen LogP contribution >= 0.6 is 0 Å². The average molecular weight is 761 g/mol. The van der Waals surface area contributed by atoms with Crippen LogP contribution in [0.2, 0.25) is 0 Å². The number of carbonyl (C=O) groups excluding carboxylic acids is 4. The van der Waals surface area contributed by atoms with Gasteiger partial charge in [0, 0.05) is 22.5 Å². The van der Waals surface area contributed by atoms with E-state index in [-0.39, 0.29) is 53.8 Å². The normalized spacial score (nSPS) is 11.0. The summed E-state index contributed by atoms with van der Waals surface area (Å²) in [6.07, 6.45) is 0. The Hall–Kier alpha value is -7.55. The Morgan fingerprint density at radius 1 is 0.571 bits per heavy atom. The molecule has 0 saturated heterocycles. The maximum atomic E-state index is 13.1. The maximum absolute atomic E-state index is 13.1. The van der Waals surface area contributed by atoms with Crippen LogP contribution in [0.15, 0.2) is 97.3 Å². The monoisotopic (exact) mass is 760 g/mol. The number of aliphatic hydroxyl groups is 1. The van der Waals surface area contributed by atoms with Crippen molar-refractivity contribution in [2.75, 3.05) is 13.2 Å². The lowest BCUT2D eigenvalue weighted by molar-refractivity contribution is -0.139. The Kier molecular flexibility index (Phi) is 10.8. The predicted octanol–water partition coefficient (Wildman–Crippen LogP) is 5.20. The van der Waals surface area contributed by atoms with Gasteiger partial charge >= 0.3 is 5.97 Å². The van der Waals surface area contributed by atoms with Crippen molar-refractivity contribution < 1.29 is 53.1 Å². The van der Waals surface area contributed by atoms with Crippen LogP contribution in [0.3, 0.4) is 0 Å². The number of para-hydroxylation sites is 2. The smallest absolute Gasteiger partial charge is 0.341 e. The second-order valence-electron chi connectivity index (χ2n) is 12.5. The second-order valence-corrected chi connectivity index (χ2v) is 12.5. The van der Waals surface area contributed by atoms with Gasteiger partial charge in [-0.05, 0) is 50.2 Å². The number of aliphatic hydroxyl groups excluding tert-OH is 1. The number of carboxylic acid groups (broad SMARTS) is 1.